The number of hydrogen-bond acceptors (Lipinski definition) is 5. The Labute approximate surface area is 183 Å². The lowest BCUT2D eigenvalue weighted by Crippen LogP contribution is -2.46. The maximum absolute atomic E-state index is 12.7. The van der Waals surface area contributed by atoms with Crippen molar-refractivity contribution < 1.29 is 9.21 Å². The van der Waals surface area contributed by atoms with Crippen LogP contribution in [-0.2, 0) is 13.0 Å². The molecular formula is C25H30N4O2. The molecule has 3 aromatic rings. The number of carbonyl (C=O) groups is 1. The van der Waals surface area contributed by atoms with Crippen LogP contribution in [0.2, 0.25) is 0 Å². The molecule has 1 saturated heterocycles. The van der Waals surface area contributed by atoms with Crippen molar-refractivity contribution >= 4 is 5.91 Å². The first-order chi connectivity index (χ1) is 15.2. The second-order valence-electron chi connectivity index (χ2n) is 8.11. The van der Waals surface area contributed by atoms with Gasteiger partial charge in [-0.2, -0.15) is 0 Å². The lowest BCUT2D eigenvalue weighted by Gasteiger charge is -2.38. The van der Waals surface area contributed by atoms with E-state index in [4.69, 9.17) is 4.42 Å². The first-order valence-electron chi connectivity index (χ1n) is 11.2. The molecule has 162 valence electrons. The fraction of sp³-hybridized carbons (Fsp3) is 0.400. The number of likely N-dealkylation sites (tertiary alicyclic amines) is 1. The summed E-state index contributed by atoms with van der Waals surface area (Å²) in [5.41, 5.74) is 1.93. The van der Waals surface area contributed by atoms with Gasteiger partial charge < -0.3 is 9.32 Å². The van der Waals surface area contributed by atoms with E-state index in [1.165, 1.54) is 5.56 Å². The zero-order valence-corrected chi connectivity index (χ0v) is 18.1. The van der Waals surface area contributed by atoms with E-state index in [0.717, 1.165) is 44.5 Å². The maximum Gasteiger partial charge on any atom is 0.253 e. The molecule has 2 aromatic carbocycles. The topological polar surface area (TPSA) is 62.5 Å². The van der Waals surface area contributed by atoms with E-state index in [0.29, 0.717) is 30.8 Å². The molecule has 0 radical (unpaired) electrons. The third-order valence-corrected chi connectivity index (χ3v) is 5.84. The Morgan fingerprint density at radius 1 is 1.00 bits per heavy atom. The van der Waals surface area contributed by atoms with Gasteiger partial charge in [-0.25, -0.2) is 0 Å². The highest BCUT2D eigenvalue weighted by Crippen LogP contribution is 2.21. The molecule has 1 aliphatic rings. The summed E-state index contributed by atoms with van der Waals surface area (Å²) < 4.78 is 5.94. The molecule has 1 amide bonds. The molecule has 0 saturated carbocycles. The molecule has 0 N–H and O–H groups in total. The minimum atomic E-state index is 0.128. The smallest absolute Gasteiger partial charge is 0.253 e. The molecule has 1 aromatic heterocycles. The number of amides is 1. The molecule has 0 unspecified atom stereocenters. The number of carbonyl (C=O) groups excluding carboxylic acids is 1. The van der Waals surface area contributed by atoms with Gasteiger partial charge in [-0.3, -0.25) is 9.69 Å². The standard InChI is InChI=1S/C25H30N4O2/c1-2-15-29(19-24-27-26-23(31-24)18-20-9-5-3-6-10-20)22-13-16-28(17-14-22)25(30)21-11-7-4-8-12-21/h3-12,22H,2,13-19H2,1H3. The summed E-state index contributed by atoms with van der Waals surface area (Å²) in [7, 11) is 0. The predicted molar refractivity (Wildman–Crippen MR) is 120 cm³/mol. The van der Waals surface area contributed by atoms with E-state index in [1.807, 2.05) is 53.4 Å². The van der Waals surface area contributed by atoms with Crippen LogP contribution in [0.3, 0.4) is 0 Å². The minimum absolute atomic E-state index is 0.128. The van der Waals surface area contributed by atoms with Crippen molar-refractivity contribution in [1.82, 2.24) is 20.0 Å². The molecule has 1 aliphatic heterocycles. The molecule has 0 aliphatic carbocycles. The van der Waals surface area contributed by atoms with E-state index in [-0.39, 0.29) is 5.91 Å². The van der Waals surface area contributed by atoms with Crippen molar-refractivity contribution in [1.29, 1.82) is 0 Å². The Bertz CT molecular complexity index is 950. The van der Waals surface area contributed by atoms with Gasteiger partial charge in [0.2, 0.25) is 11.8 Å². The van der Waals surface area contributed by atoms with Crippen molar-refractivity contribution in [3.05, 3.63) is 83.6 Å². The van der Waals surface area contributed by atoms with Crippen LogP contribution in [0.5, 0.6) is 0 Å². The molecule has 6 heteroatoms. The van der Waals surface area contributed by atoms with Crippen molar-refractivity contribution in [3.63, 3.8) is 0 Å². The van der Waals surface area contributed by atoms with Crippen molar-refractivity contribution in [2.24, 2.45) is 0 Å². The predicted octanol–water partition coefficient (Wildman–Crippen LogP) is 4.18. The Kier molecular flexibility index (Phi) is 7.10. The van der Waals surface area contributed by atoms with Crippen LogP contribution < -0.4 is 0 Å². The summed E-state index contributed by atoms with van der Waals surface area (Å²) in [6, 6.07) is 20.1. The summed E-state index contributed by atoms with van der Waals surface area (Å²) in [5, 5.41) is 8.53. The average Bonchev–Trinajstić information content (AvgIpc) is 3.26. The highest BCUT2D eigenvalue weighted by molar-refractivity contribution is 5.94. The fourth-order valence-electron chi connectivity index (χ4n) is 4.24. The maximum atomic E-state index is 12.7. The highest BCUT2D eigenvalue weighted by atomic mass is 16.4. The Morgan fingerprint density at radius 3 is 2.32 bits per heavy atom. The van der Waals surface area contributed by atoms with E-state index in [1.54, 1.807) is 0 Å². The Hall–Kier alpha value is -2.99. The first-order valence-corrected chi connectivity index (χ1v) is 11.2. The largest absolute Gasteiger partial charge is 0.424 e. The lowest BCUT2D eigenvalue weighted by molar-refractivity contribution is 0.0593. The first kappa shape index (κ1) is 21.2. The van der Waals surface area contributed by atoms with Crippen LogP contribution in [0.4, 0.5) is 0 Å². The van der Waals surface area contributed by atoms with Gasteiger partial charge in [-0.05, 0) is 43.5 Å². The number of nitrogens with zero attached hydrogens (tertiary/aromatic N) is 4. The van der Waals surface area contributed by atoms with Crippen LogP contribution >= 0.6 is 0 Å². The molecule has 2 heterocycles. The Balaban J connectivity index is 1.34. The van der Waals surface area contributed by atoms with Gasteiger partial charge in [-0.1, -0.05) is 55.5 Å². The number of aromatic nitrogens is 2. The molecular weight excluding hydrogens is 388 g/mol. The molecule has 0 atom stereocenters. The molecule has 4 rings (SSSR count). The summed E-state index contributed by atoms with van der Waals surface area (Å²) >= 11 is 0. The summed E-state index contributed by atoms with van der Waals surface area (Å²) in [5.74, 6) is 1.45. The monoisotopic (exact) mass is 418 g/mol. The van der Waals surface area contributed by atoms with Crippen molar-refractivity contribution in [3.8, 4) is 0 Å². The van der Waals surface area contributed by atoms with Crippen LogP contribution in [0.15, 0.2) is 65.1 Å². The molecule has 31 heavy (non-hydrogen) atoms. The van der Waals surface area contributed by atoms with Gasteiger partial charge >= 0.3 is 0 Å². The van der Waals surface area contributed by atoms with Gasteiger partial charge in [-0.15, -0.1) is 10.2 Å². The van der Waals surface area contributed by atoms with Crippen LogP contribution in [0.1, 0.15) is 53.9 Å². The second kappa shape index (κ2) is 10.4. The van der Waals surface area contributed by atoms with Crippen molar-refractivity contribution in [2.75, 3.05) is 19.6 Å². The number of piperidine rings is 1. The van der Waals surface area contributed by atoms with Gasteiger partial charge in [0.15, 0.2) is 0 Å². The van der Waals surface area contributed by atoms with Gasteiger partial charge in [0.1, 0.15) is 0 Å². The van der Waals surface area contributed by atoms with E-state index in [2.05, 4.69) is 34.2 Å². The van der Waals surface area contributed by atoms with E-state index >= 15 is 0 Å². The van der Waals surface area contributed by atoms with E-state index < -0.39 is 0 Å². The van der Waals surface area contributed by atoms with Gasteiger partial charge in [0.05, 0.1) is 13.0 Å². The zero-order chi connectivity index (χ0) is 21.5. The summed E-state index contributed by atoms with van der Waals surface area (Å²) in [4.78, 5) is 17.1. The molecule has 0 bridgehead atoms. The zero-order valence-electron chi connectivity index (χ0n) is 18.1. The average molecular weight is 419 g/mol. The summed E-state index contributed by atoms with van der Waals surface area (Å²) in [6.45, 7) is 5.39. The quantitative estimate of drug-likeness (QED) is 0.549. The van der Waals surface area contributed by atoms with Crippen LogP contribution in [0, 0.1) is 0 Å². The highest BCUT2D eigenvalue weighted by Gasteiger charge is 2.28. The number of benzene rings is 2. The second-order valence-corrected chi connectivity index (χ2v) is 8.11. The normalized spacial score (nSPS) is 14.8. The molecule has 0 spiro atoms. The molecule has 6 nitrogen and oxygen atoms in total. The van der Waals surface area contributed by atoms with E-state index in [9.17, 15) is 4.79 Å². The summed E-state index contributed by atoms with van der Waals surface area (Å²) in [6.07, 6.45) is 3.64. The van der Waals surface area contributed by atoms with Crippen LogP contribution in [0.25, 0.3) is 0 Å². The number of hydrogen-bond donors (Lipinski definition) is 0. The molecule has 1 fully saturated rings. The van der Waals surface area contributed by atoms with Crippen molar-refractivity contribution in [2.45, 2.75) is 45.2 Å². The van der Waals surface area contributed by atoms with Crippen LogP contribution in [-0.4, -0.2) is 51.6 Å². The minimum Gasteiger partial charge on any atom is -0.424 e. The Morgan fingerprint density at radius 2 is 1.65 bits per heavy atom. The van der Waals surface area contributed by atoms with Gasteiger partial charge in [0.25, 0.3) is 5.91 Å². The number of rotatable bonds is 8. The SMILES string of the molecule is CCCN(Cc1nnc(Cc2ccccc2)o1)C1CCN(C(=O)c2ccccc2)CC1. The lowest BCUT2D eigenvalue weighted by atomic mass is 10.0. The fourth-order valence-corrected chi connectivity index (χ4v) is 4.24. The third-order valence-electron chi connectivity index (χ3n) is 5.84. The van der Waals surface area contributed by atoms with Gasteiger partial charge in [0, 0.05) is 24.7 Å². The third kappa shape index (κ3) is 5.58.